The first-order chi connectivity index (χ1) is 24.5. The maximum Gasteiger partial charge on any atom is 0.0464 e. The molecule has 0 aliphatic heterocycles. The summed E-state index contributed by atoms with van der Waals surface area (Å²) in [4.78, 5) is 2.48. The summed E-state index contributed by atoms with van der Waals surface area (Å²) in [6.07, 6.45) is 7.07. The molecule has 4 fully saturated rings. The van der Waals surface area contributed by atoms with Gasteiger partial charge in [0.25, 0.3) is 0 Å². The third kappa shape index (κ3) is 4.45. The summed E-state index contributed by atoms with van der Waals surface area (Å²) < 4.78 is 0. The predicted molar refractivity (Wildman–Crippen MR) is 208 cm³/mol. The van der Waals surface area contributed by atoms with Gasteiger partial charge in [0.1, 0.15) is 0 Å². The molecule has 0 aromatic heterocycles. The van der Waals surface area contributed by atoms with E-state index in [2.05, 4.69) is 170 Å². The van der Waals surface area contributed by atoms with Crippen LogP contribution in [0.1, 0.15) is 68.2 Å². The molecule has 11 rings (SSSR count). The Bertz CT molecular complexity index is 2060. The van der Waals surface area contributed by atoms with Gasteiger partial charge in [-0.05, 0) is 137 Å². The molecule has 0 unspecified atom stereocenters. The normalized spacial score (nSPS) is 25.2. The molecule has 0 radical (unpaired) electrons. The van der Waals surface area contributed by atoms with E-state index in [1.54, 1.807) is 16.7 Å². The monoisotopic (exact) mass is 647 g/mol. The lowest BCUT2D eigenvalue weighted by molar-refractivity contribution is -0.0443. The Hall–Kier alpha value is -4.88. The van der Waals surface area contributed by atoms with Crippen LogP contribution in [0.4, 0.5) is 17.1 Å². The summed E-state index contributed by atoms with van der Waals surface area (Å²) in [5.41, 5.74) is 14.9. The third-order valence-corrected chi connectivity index (χ3v) is 13.3. The van der Waals surface area contributed by atoms with E-state index >= 15 is 0 Å². The Morgan fingerprint density at radius 2 is 0.820 bits per heavy atom. The van der Waals surface area contributed by atoms with Gasteiger partial charge in [-0.1, -0.05) is 129 Å². The molecule has 0 N–H and O–H groups in total. The smallest absolute Gasteiger partial charge is 0.0464 e. The fourth-order valence-electron chi connectivity index (χ4n) is 11.3. The molecule has 1 nitrogen and oxygen atoms in total. The highest BCUT2D eigenvalue weighted by atomic mass is 15.1. The van der Waals surface area contributed by atoms with Gasteiger partial charge in [0.2, 0.25) is 0 Å². The maximum absolute atomic E-state index is 2.58. The molecule has 5 aliphatic rings. The Morgan fingerprint density at radius 3 is 1.34 bits per heavy atom. The number of hydrogen-bond acceptors (Lipinski definition) is 1. The fourth-order valence-corrected chi connectivity index (χ4v) is 11.3. The molecule has 50 heavy (non-hydrogen) atoms. The standard InChI is InChI=1S/C49H45N/c1-48(2)44-15-9-10-16-45(44)49(39-28-33-27-34(30-39)31-40(49)29-33)46-26-25-43(32-47(46)48)50(41-21-17-37(18-22-41)35-11-5-3-6-12-35)42-23-19-38(20-24-42)36-13-7-4-8-14-36/h3-26,32-34,39-40H,27-31H2,1-2H3. The second-order valence-electron chi connectivity index (χ2n) is 16.2. The van der Waals surface area contributed by atoms with Crippen molar-refractivity contribution in [2.45, 2.75) is 56.8 Å². The Kier molecular flexibility index (Phi) is 6.79. The van der Waals surface area contributed by atoms with Crippen molar-refractivity contribution >= 4 is 17.1 Å². The quantitative estimate of drug-likeness (QED) is 0.180. The first-order valence-corrected chi connectivity index (χ1v) is 18.9. The Morgan fingerprint density at radius 1 is 0.400 bits per heavy atom. The fraction of sp³-hybridized carbons (Fsp3) is 0.265. The van der Waals surface area contributed by atoms with Gasteiger partial charge >= 0.3 is 0 Å². The second kappa shape index (κ2) is 11.3. The van der Waals surface area contributed by atoms with Crippen molar-refractivity contribution in [2.75, 3.05) is 4.90 Å². The SMILES string of the molecule is CC1(C)c2ccccc2C2(c3ccc(N(c4ccc(-c5ccccc5)cc4)c4ccc(-c5ccccc5)cc4)cc31)C1CC3CC(C1)CC2C3. The zero-order valence-corrected chi connectivity index (χ0v) is 29.2. The van der Waals surface area contributed by atoms with Gasteiger partial charge in [-0.2, -0.15) is 0 Å². The van der Waals surface area contributed by atoms with Gasteiger partial charge < -0.3 is 4.90 Å². The Balaban J connectivity index is 1.14. The lowest BCUT2D eigenvalue weighted by atomic mass is 9.39. The highest BCUT2D eigenvalue weighted by Crippen LogP contribution is 2.68. The number of nitrogens with zero attached hydrogens (tertiary/aromatic N) is 1. The van der Waals surface area contributed by atoms with Crippen molar-refractivity contribution < 1.29 is 0 Å². The predicted octanol–water partition coefficient (Wildman–Crippen LogP) is 12.9. The van der Waals surface area contributed by atoms with E-state index in [1.807, 2.05) is 0 Å². The molecule has 0 heterocycles. The van der Waals surface area contributed by atoms with Crippen LogP contribution in [0.25, 0.3) is 22.3 Å². The third-order valence-electron chi connectivity index (χ3n) is 13.3. The molecule has 4 saturated carbocycles. The van der Waals surface area contributed by atoms with Crippen LogP contribution >= 0.6 is 0 Å². The van der Waals surface area contributed by atoms with Crippen LogP contribution < -0.4 is 4.90 Å². The molecule has 0 atom stereocenters. The first-order valence-electron chi connectivity index (χ1n) is 18.9. The molecule has 0 amide bonds. The lowest BCUT2D eigenvalue weighted by Crippen LogP contribution is -2.58. The molecular weight excluding hydrogens is 603 g/mol. The highest BCUT2D eigenvalue weighted by Gasteiger charge is 2.62. The van der Waals surface area contributed by atoms with E-state index in [0.717, 1.165) is 23.7 Å². The van der Waals surface area contributed by atoms with Crippen LogP contribution in [0.2, 0.25) is 0 Å². The lowest BCUT2D eigenvalue weighted by Gasteiger charge is -2.64. The topological polar surface area (TPSA) is 3.24 Å². The van der Waals surface area contributed by atoms with Crippen molar-refractivity contribution in [1.82, 2.24) is 0 Å². The number of benzene rings is 6. The molecule has 1 heteroatoms. The molecule has 4 bridgehead atoms. The van der Waals surface area contributed by atoms with Crippen LogP contribution in [-0.2, 0) is 10.8 Å². The second-order valence-corrected chi connectivity index (χ2v) is 16.2. The van der Waals surface area contributed by atoms with E-state index in [1.165, 1.54) is 77.0 Å². The zero-order chi connectivity index (χ0) is 33.5. The number of anilines is 3. The molecule has 246 valence electrons. The molecule has 6 aromatic rings. The summed E-state index contributed by atoms with van der Waals surface area (Å²) in [5.74, 6) is 3.35. The van der Waals surface area contributed by atoms with E-state index < -0.39 is 0 Å². The highest BCUT2D eigenvalue weighted by molar-refractivity contribution is 5.81. The molecule has 0 saturated heterocycles. The van der Waals surface area contributed by atoms with Crippen LogP contribution in [0.3, 0.4) is 0 Å². The van der Waals surface area contributed by atoms with Gasteiger partial charge in [-0.25, -0.2) is 0 Å². The van der Waals surface area contributed by atoms with Crippen molar-refractivity contribution in [2.24, 2.45) is 23.7 Å². The van der Waals surface area contributed by atoms with E-state index in [9.17, 15) is 0 Å². The van der Waals surface area contributed by atoms with E-state index in [0.29, 0.717) is 0 Å². The maximum atomic E-state index is 2.58. The summed E-state index contributed by atoms with van der Waals surface area (Å²) in [6.45, 7) is 4.95. The van der Waals surface area contributed by atoms with Crippen LogP contribution in [0, 0.1) is 23.7 Å². The minimum Gasteiger partial charge on any atom is -0.310 e. The molecule has 5 aliphatic carbocycles. The van der Waals surface area contributed by atoms with Gasteiger partial charge in [0.05, 0.1) is 0 Å². The van der Waals surface area contributed by atoms with Crippen LogP contribution in [0.5, 0.6) is 0 Å². The summed E-state index contributed by atoms with van der Waals surface area (Å²) in [6, 6.07) is 56.9. The van der Waals surface area contributed by atoms with Crippen molar-refractivity contribution in [1.29, 1.82) is 0 Å². The Labute approximate surface area is 297 Å². The number of fused-ring (bicyclic) bond motifs is 2. The van der Waals surface area contributed by atoms with Gasteiger partial charge in [-0.3, -0.25) is 0 Å². The van der Waals surface area contributed by atoms with E-state index in [-0.39, 0.29) is 10.8 Å². The van der Waals surface area contributed by atoms with Crippen LogP contribution in [0.15, 0.2) is 152 Å². The molecule has 1 spiro atoms. The largest absolute Gasteiger partial charge is 0.310 e. The molecular formula is C49H45N. The zero-order valence-electron chi connectivity index (χ0n) is 29.2. The van der Waals surface area contributed by atoms with Crippen molar-refractivity contribution in [3.63, 3.8) is 0 Å². The minimum atomic E-state index is -0.0954. The average molecular weight is 648 g/mol. The van der Waals surface area contributed by atoms with Crippen LogP contribution in [-0.4, -0.2) is 0 Å². The van der Waals surface area contributed by atoms with Gasteiger partial charge in [0.15, 0.2) is 0 Å². The van der Waals surface area contributed by atoms with Crippen molar-refractivity contribution in [3.8, 4) is 22.3 Å². The summed E-state index contributed by atoms with van der Waals surface area (Å²) in [7, 11) is 0. The van der Waals surface area contributed by atoms with Gasteiger partial charge in [-0.15, -0.1) is 0 Å². The average Bonchev–Trinajstić information content (AvgIpc) is 3.16. The number of rotatable bonds is 5. The summed E-state index contributed by atoms with van der Waals surface area (Å²) in [5, 5.41) is 0. The van der Waals surface area contributed by atoms with Crippen molar-refractivity contribution in [3.05, 3.63) is 174 Å². The first kappa shape index (κ1) is 30.0. The molecule has 6 aromatic carbocycles. The van der Waals surface area contributed by atoms with Gasteiger partial charge in [0, 0.05) is 27.9 Å². The summed E-state index contributed by atoms with van der Waals surface area (Å²) >= 11 is 0. The van der Waals surface area contributed by atoms with E-state index in [4.69, 9.17) is 0 Å². The number of hydrogen-bond donors (Lipinski definition) is 0. The minimum absolute atomic E-state index is 0.0954.